The minimum atomic E-state index is -0.409. The van der Waals surface area contributed by atoms with Crippen molar-refractivity contribution in [1.29, 1.82) is 0 Å². The predicted octanol–water partition coefficient (Wildman–Crippen LogP) is 4.23. The first kappa shape index (κ1) is 15.9. The summed E-state index contributed by atoms with van der Waals surface area (Å²) in [6, 6.07) is 7.87. The average Bonchev–Trinajstić information content (AvgIpc) is 2.27. The molecular formula is C17H26O2. The Bertz CT molecular complexity index is 430. The largest absolute Gasteiger partial charge is 0.373 e. The Balaban J connectivity index is 3.01. The van der Waals surface area contributed by atoms with E-state index in [4.69, 9.17) is 4.74 Å². The zero-order valence-electron chi connectivity index (χ0n) is 13.2. The van der Waals surface area contributed by atoms with Crippen LogP contribution >= 0.6 is 0 Å². The quantitative estimate of drug-likeness (QED) is 0.762. The van der Waals surface area contributed by atoms with Crippen molar-refractivity contribution in [1.82, 2.24) is 0 Å². The van der Waals surface area contributed by atoms with Crippen LogP contribution in [0.25, 0.3) is 0 Å². The highest BCUT2D eigenvalue weighted by atomic mass is 16.5. The van der Waals surface area contributed by atoms with E-state index >= 15 is 0 Å². The second-order valence-corrected chi connectivity index (χ2v) is 7.17. The Labute approximate surface area is 117 Å². The van der Waals surface area contributed by atoms with Crippen molar-refractivity contribution in [3.8, 4) is 0 Å². The van der Waals surface area contributed by atoms with Crippen molar-refractivity contribution < 1.29 is 9.53 Å². The summed E-state index contributed by atoms with van der Waals surface area (Å²) in [6.07, 6.45) is -0.409. The molecular weight excluding hydrogens is 236 g/mol. The van der Waals surface area contributed by atoms with E-state index in [1.54, 1.807) is 7.11 Å². The third-order valence-electron chi connectivity index (χ3n) is 3.30. The van der Waals surface area contributed by atoms with E-state index in [0.717, 1.165) is 5.56 Å². The highest BCUT2D eigenvalue weighted by molar-refractivity contribution is 6.00. The van der Waals surface area contributed by atoms with Gasteiger partial charge in [-0.05, 0) is 16.4 Å². The number of carbonyl (C=O) groups is 1. The Morgan fingerprint density at radius 2 is 1.47 bits per heavy atom. The summed E-state index contributed by atoms with van der Waals surface area (Å²) >= 11 is 0. The summed E-state index contributed by atoms with van der Waals surface area (Å²) in [6.45, 7) is 12.5. The first-order valence-electron chi connectivity index (χ1n) is 6.75. The number of ether oxygens (including phenoxy) is 1. The van der Waals surface area contributed by atoms with Crippen molar-refractivity contribution in [2.45, 2.75) is 53.1 Å². The number of Topliss-reactive ketones (excluding diaryl/α,β-unsaturated/α-hetero) is 1. The Hall–Kier alpha value is -1.15. The molecule has 1 aromatic carbocycles. The van der Waals surface area contributed by atoms with Gasteiger partial charge in [0.25, 0.3) is 0 Å². The van der Waals surface area contributed by atoms with Crippen LogP contribution in [0.1, 0.15) is 57.5 Å². The summed E-state index contributed by atoms with van der Waals surface area (Å²) in [5.41, 5.74) is 1.85. The summed E-state index contributed by atoms with van der Waals surface area (Å²) in [7, 11) is 1.59. The molecule has 0 aliphatic heterocycles. The molecule has 0 bridgehead atoms. The normalized spacial score (nSPS) is 14.3. The third kappa shape index (κ3) is 3.90. The second-order valence-electron chi connectivity index (χ2n) is 7.17. The van der Waals surface area contributed by atoms with Gasteiger partial charge < -0.3 is 4.74 Å². The second kappa shape index (κ2) is 5.46. The van der Waals surface area contributed by atoms with E-state index in [0.29, 0.717) is 0 Å². The van der Waals surface area contributed by atoms with Crippen LogP contribution in [0.2, 0.25) is 0 Å². The fourth-order valence-corrected chi connectivity index (χ4v) is 2.14. The van der Waals surface area contributed by atoms with Gasteiger partial charge in [0.1, 0.15) is 6.10 Å². The van der Waals surface area contributed by atoms with Gasteiger partial charge in [-0.3, -0.25) is 4.79 Å². The molecule has 0 heterocycles. The number of hydrogen-bond donors (Lipinski definition) is 0. The van der Waals surface area contributed by atoms with Crippen molar-refractivity contribution in [2.75, 3.05) is 7.11 Å². The lowest BCUT2D eigenvalue weighted by Gasteiger charge is -2.28. The van der Waals surface area contributed by atoms with Gasteiger partial charge in [0.2, 0.25) is 0 Å². The summed E-state index contributed by atoms with van der Waals surface area (Å²) < 4.78 is 5.38. The zero-order valence-corrected chi connectivity index (χ0v) is 13.2. The minimum Gasteiger partial charge on any atom is -0.373 e. The van der Waals surface area contributed by atoms with E-state index in [-0.39, 0.29) is 16.6 Å². The molecule has 0 saturated heterocycles. The number of methoxy groups -OCH3 is 1. The number of ketones is 1. The highest BCUT2D eigenvalue weighted by Gasteiger charge is 2.31. The smallest absolute Gasteiger partial charge is 0.192 e. The van der Waals surface area contributed by atoms with Crippen molar-refractivity contribution in [3.63, 3.8) is 0 Å². The van der Waals surface area contributed by atoms with E-state index in [1.165, 1.54) is 5.56 Å². The number of carbonyl (C=O) groups excluding carboxylic acids is 1. The molecule has 1 aromatic rings. The number of rotatable bonds is 3. The van der Waals surface area contributed by atoms with Crippen LogP contribution in [-0.4, -0.2) is 19.0 Å². The molecule has 0 radical (unpaired) electrons. The molecule has 0 aliphatic rings. The molecule has 0 N–H and O–H groups in total. The van der Waals surface area contributed by atoms with Crippen LogP contribution in [0.5, 0.6) is 0 Å². The summed E-state index contributed by atoms with van der Waals surface area (Å²) in [5.74, 6) is 0.0514. The zero-order chi connectivity index (χ0) is 14.8. The summed E-state index contributed by atoms with van der Waals surface area (Å²) in [5, 5.41) is 0. The molecule has 0 spiro atoms. The van der Waals surface area contributed by atoms with Crippen molar-refractivity contribution >= 4 is 5.78 Å². The molecule has 0 aliphatic carbocycles. The molecule has 2 nitrogen and oxygen atoms in total. The van der Waals surface area contributed by atoms with E-state index < -0.39 is 6.10 Å². The molecule has 106 valence electrons. The molecule has 1 rings (SSSR count). The molecule has 1 atom stereocenters. The fourth-order valence-electron chi connectivity index (χ4n) is 2.14. The van der Waals surface area contributed by atoms with Gasteiger partial charge >= 0.3 is 0 Å². The van der Waals surface area contributed by atoms with Crippen molar-refractivity contribution in [2.24, 2.45) is 5.41 Å². The van der Waals surface area contributed by atoms with Crippen LogP contribution in [0.4, 0.5) is 0 Å². The third-order valence-corrected chi connectivity index (χ3v) is 3.30. The molecule has 0 amide bonds. The monoisotopic (exact) mass is 262 g/mol. The lowest BCUT2D eigenvalue weighted by atomic mass is 9.83. The molecule has 19 heavy (non-hydrogen) atoms. The predicted molar refractivity (Wildman–Crippen MR) is 79.7 cm³/mol. The Morgan fingerprint density at radius 3 is 1.79 bits per heavy atom. The maximum absolute atomic E-state index is 12.5. The van der Waals surface area contributed by atoms with Crippen LogP contribution < -0.4 is 0 Å². The topological polar surface area (TPSA) is 26.3 Å². The lowest BCUT2D eigenvalue weighted by Crippen LogP contribution is -2.36. The molecule has 1 unspecified atom stereocenters. The van der Waals surface area contributed by atoms with Gasteiger partial charge in [0, 0.05) is 12.7 Å². The number of benzene rings is 1. The van der Waals surface area contributed by atoms with Crippen LogP contribution in [0, 0.1) is 5.41 Å². The van der Waals surface area contributed by atoms with E-state index in [9.17, 15) is 4.79 Å². The molecule has 0 aromatic heterocycles. The average molecular weight is 262 g/mol. The first-order valence-corrected chi connectivity index (χ1v) is 6.75. The maximum atomic E-state index is 12.5. The Kier molecular flexibility index (Phi) is 4.57. The van der Waals surface area contributed by atoms with Crippen LogP contribution in [-0.2, 0) is 10.2 Å². The van der Waals surface area contributed by atoms with Crippen LogP contribution in [0.15, 0.2) is 24.3 Å². The van der Waals surface area contributed by atoms with Gasteiger partial charge in [-0.15, -0.1) is 0 Å². The molecule has 2 heteroatoms. The van der Waals surface area contributed by atoms with Gasteiger partial charge in [0.15, 0.2) is 5.78 Å². The van der Waals surface area contributed by atoms with E-state index in [2.05, 4.69) is 20.8 Å². The lowest BCUT2D eigenvalue weighted by molar-refractivity contribution is 0.0196. The standard InChI is InChI=1S/C17H26O2/c1-16(2,3)13-10-8-12(9-11-13)14(18)15(19-7)17(4,5)6/h8-11,15H,1-7H3. The van der Waals surface area contributed by atoms with Gasteiger partial charge in [-0.1, -0.05) is 65.8 Å². The summed E-state index contributed by atoms with van der Waals surface area (Å²) in [4.78, 5) is 12.5. The molecule has 0 fully saturated rings. The van der Waals surface area contributed by atoms with Gasteiger partial charge in [-0.25, -0.2) is 0 Å². The fraction of sp³-hybridized carbons (Fsp3) is 0.588. The Morgan fingerprint density at radius 1 is 1.00 bits per heavy atom. The number of hydrogen-bond acceptors (Lipinski definition) is 2. The van der Waals surface area contributed by atoms with Crippen molar-refractivity contribution in [3.05, 3.63) is 35.4 Å². The van der Waals surface area contributed by atoms with Gasteiger partial charge in [0.05, 0.1) is 0 Å². The first-order chi connectivity index (χ1) is 8.57. The van der Waals surface area contributed by atoms with Crippen LogP contribution in [0.3, 0.4) is 0 Å². The highest BCUT2D eigenvalue weighted by Crippen LogP contribution is 2.27. The maximum Gasteiger partial charge on any atom is 0.192 e. The minimum absolute atomic E-state index is 0.0514. The SMILES string of the molecule is COC(C(=O)c1ccc(C(C)(C)C)cc1)C(C)(C)C. The van der Waals surface area contributed by atoms with E-state index in [1.807, 2.05) is 45.0 Å². The molecule has 0 saturated carbocycles. The van der Waals surface area contributed by atoms with Gasteiger partial charge in [-0.2, -0.15) is 0 Å².